The Kier molecular flexibility index (Phi) is 6.77. The Morgan fingerprint density at radius 2 is 1.93 bits per heavy atom. The predicted molar refractivity (Wildman–Crippen MR) is 97.8 cm³/mol. The first kappa shape index (κ1) is 19.7. The first-order chi connectivity index (χ1) is 13.0. The van der Waals surface area contributed by atoms with Crippen molar-refractivity contribution in [2.45, 2.75) is 63.6 Å². The van der Waals surface area contributed by atoms with Gasteiger partial charge in [-0.3, -0.25) is 14.5 Å². The highest BCUT2D eigenvalue weighted by Gasteiger charge is 2.32. The van der Waals surface area contributed by atoms with Crippen molar-refractivity contribution in [3.05, 3.63) is 35.4 Å². The number of carbonyl (C=O) groups excluding carboxylic acids is 2. The van der Waals surface area contributed by atoms with Crippen molar-refractivity contribution in [3.8, 4) is 0 Å². The van der Waals surface area contributed by atoms with E-state index in [2.05, 4.69) is 10.6 Å². The molecule has 1 aliphatic carbocycles. The van der Waals surface area contributed by atoms with Crippen LogP contribution in [0.2, 0.25) is 0 Å². The topological polar surface area (TPSA) is 61.4 Å². The van der Waals surface area contributed by atoms with Crippen molar-refractivity contribution < 1.29 is 18.4 Å². The summed E-state index contributed by atoms with van der Waals surface area (Å²) in [6.07, 6.45) is 6.59. The van der Waals surface area contributed by atoms with E-state index in [1.807, 2.05) is 0 Å². The highest BCUT2D eigenvalue weighted by Crippen LogP contribution is 2.20. The lowest BCUT2D eigenvalue weighted by molar-refractivity contribution is -0.134. The van der Waals surface area contributed by atoms with E-state index in [4.69, 9.17) is 0 Å². The molecule has 1 heterocycles. The molecule has 3 rings (SSSR count). The molecule has 1 aromatic rings. The summed E-state index contributed by atoms with van der Waals surface area (Å²) in [6, 6.07) is 3.52. The van der Waals surface area contributed by atoms with Gasteiger partial charge in [-0.1, -0.05) is 37.8 Å². The number of nitrogens with zero attached hydrogens (tertiary/aromatic N) is 1. The normalized spacial score (nSPS) is 22.1. The SMILES string of the molecule is O=C(C[C@H]1C(=O)NCCN1Cc1cccc(F)c1F)NC1CCCCCC1. The zero-order valence-corrected chi connectivity index (χ0v) is 15.5. The quantitative estimate of drug-likeness (QED) is 0.773. The van der Waals surface area contributed by atoms with Crippen LogP contribution in [0.1, 0.15) is 50.5 Å². The van der Waals surface area contributed by atoms with Crippen molar-refractivity contribution in [2.75, 3.05) is 13.1 Å². The van der Waals surface area contributed by atoms with E-state index in [0.717, 1.165) is 31.7 Å². The molecule has 1 aliphatic heterocycles. The lowest BCUT2D eigenvalue weighted by Crippen LogP contribution is -2.56. The molecule has 2 fully saturated rings. The second-order valence-corrected chi connectivity index (χ2v) is 7.45. The van der Waals surface area contributed by atoms with Crippen LogP contribution in [0.25, 0.3) is 0 Å². The van der Waals surface area contributed by atoms with E-state index in [1.54, 1.807) is 4.90 Å². The van der Waals surface area contributed by atoms with Crippen LogP contribution >= 0.6 is 0 Å². The van der Waals surface area contributed by atoms with Gasteiger partial charge in [-0.05, 0) is 18.9 Å². The third kappa shape index (κ3) is 5.25. The summed E-state index contributed by atoms with van der Waals surface area (Å²) in [5.74, 6) is -2.20. The van der Waals surface area contributed by atoms with Crippen LogP contribution in [0.15, 0.2) is 18.2 Å². The van der Waals surface area contributed by atoms with Gasteiger partial charge in [-0.15, -0.1) is 0 Å². The van der Waals surface area contributed by atoms with Gasteiger partial charge in [0.2, 0.25) is 11.8 Å². The molecular weight excluding hydrogens is 352 g/mol. The van der Waals surface area contributed by atoms with Crippen LogP contribution in [0.4, 0.5) is 8.78 Å². The van der Waals surface area contributed by atoms with Gasteiger partial charge in [0, 0.05) is 31.2 Å². The molecule has 5 nitrogen and oxygen atoms in total. The number of hydrogen-bond acceptors (Lipinski definition) is 3. The van der Waals surface area contributed by atoms with Crippen LogP contribution in [0, 0.1) is 11.6 Å². The van der Waals surface area contributed by atoms with E-state index < -0.39 is 17.7 Å². The van der Waals surface area contributed by atoms with Gasteiger partial charge in [0.25, 0.3) is 0 Å². The van der Waals surface area contributed by atoms with E-state index in [-0.39, 0.29) is 36.4 Å². The average Bonchev–Trinajstić information content (AvgIpc) is 2.90. The number of carbonyl (C=O) groups is 2. The molecule has 1 saturated carbocycles. The fraction of sp³-hybridized carbons (Fsp3) is 0.600. The molecule has 148 valence electrons. The van der Waals surface area contributed by atoms with Crippen LogP contribution in [-0.4, -0.2) is 41.9 Å². The first-order valence-electron chi connectivity index (χ1n) is 9.78. The first-order valence-corrected chi connectivity index (χ1v) is 9.78. The summed E-state index contributed by atoms with van der Waals surface area (Å²) in [5.41, 5.74) is 0.193. The highest BCUT2D eigenvalue weighted by molar-refractivity contribution is 5.88. The van der Waals surface area contributed by atoms with Crippen LogP contribution in [-0.2, 0) is 16.1 Å². The maximum atomic E-state index is 14.0. The number of rotatable bonds is 5. The molecule has 1 aromatic carbocycles. The summed E-state index contributed by atoms with van der Waals surface area (Å²) in [5, 5.41) is 5.82. The van der Waals surface area contributed by atoms with Crippen LogP contribution < -0.4 is 10.6 Å². The Labute approximate surface area is 158 Å². The minimum Gasteiger partial charge on any atom is -0.353 e. The Morgan fingerprint density at radius 1 is 1.19 bits per heavy atom. The van der Waals surface area contributed by atoms with E-state index in [9.17, 15) is 18.4 Å². The zero-order valence-electron chi connectivity index (χ0n) is 15.5. The average molecular weight is 379 g/mol. The van der Waals surface area contributed by atoms with Crippen LogP contribution in [0.5, 0.6) is 0 Å². The molecule has 7 heteroatoms. The van der Waals surface area contributed by atoms with E-state index in [1.165, 1.54) is 25.0 Å². The summed E-state index contributed by atoms with van der Waals surface area (Å²) in [7, 11) is 0. The number of piperazine rings is 1. The van der Waals surface area contributed by atoms with Gasteiger partial charge in [-0.2, -0.15) is 0 Å². The molecule has 2 N–H and O–H groups in total. The number of hydrogen-bond donors (Lipinski definition) is 2. The lowest BCUT2D eigenvalue weighted by atomic mass is 10.0. The maximum Gasteiger partial charge on any atom is 0.237 e. The van der Waals surface area contributed by atoms with E-state index in [0.29, 0.717) is 13.1 Å². The lowest BCUT2D eigenvalue weighted by Gasteiger charge is -2.35. The molecular formula is C20H27F2N3O2. The van der Waals surface area contributed by atoms with Crippen molar-refractivity contribution in [3.63, 3.8) is 0 Å². The molecule has 2 aliphatic rings. The molecule has 0 bridgehead atoms. The molecule has 0 spiro atoms. The van der Waals surface area contributed by atoms with Gasteiger partial charge in [-0.25, -0.2) is 8.78 Å². The minimum atomic E-state index is -0.906. The monoisotopic (exact) mass is 379 g/mol. The van der Waals surface area contributed by atoms with Gasteiger partial charge in [0.15, 0.2) is 11.6 Å². The molecule has 2 amide bonds. The van der Waals surface area contributed by atoms with Gasteiger partial charge in [0.1, 0.15) is 0 Å². The molecule has 27 heavy (non-hydrogen) atoms. The fourth-order valence-corrected chi connectivity index (χ4v) is 3.95. The number of halogens is 2. The molecule has 0 unspecified atom stereocenters. The Balaban J connectivity index is 1.64. The van der Waals surface area contributed by atoms with Gasteiger partial charge in [0.05, 0.1) is 12.5 Å². The molecule has 1 saturated heterocycles. The third-order valence-corrected chi connectivity index (χ3v) is 5.45. The summed E-state index contributed by atoms with van der Waals surface area (Å²) < 4.78 is 27.5. The molecule has 1 atom stereocenters. The second-order valence-electron chi connectivity index (χ2n) is 7.45. The number of amides is 2. The largest absolute Gasteiger partial charge is 0.353 e. The third-order valence-electron chi connectivity index (χ3n) is 5.45. The molecule has 0 aromatic heterocycles. The number of nitrogens with one attached hydrogen (secondary N) is 2. The summed E-state index contributed by atoms with van der Waals surface area (Å²) in [4.78, 5) is 26.6. The summed E-state index contributed by atoms with van der Waals surface area (Å²) in [6.45, 7) is 1.01. The maximum absolute atomic E-state index is 14.0. The molecule has 0 radical (unpaired) electrons. The second kappa shape index (κ2) is 9.26. The number of benzene rings is 1. The highest BCUT2D eigenvalue weighted by atomic mass is 19.2. The predicted octanol–water partition coefficient (Wildman–Crippen LogP) is 2.49. The van der Waals surface area contributed by atoms with Crippen LogP contribution in [0.3, 0.4) is 0 Å². The van der Waals surface area contributed by atoms with Gasteiger partial charge < -0.3 is 10.6 Å². The summed E-state index contributed by atoms with van der Waals surface area (Å²) >= 11 is 0. The van der Waals surface area contributed by atoms with E-state index >= 15 is 0 Å². The van der Waals surface area contributed by atoms with Crippen molar-refractivity contribution >= 4 is 11.8 Å². The zero-order chi connectivity index (χ0) is 19.2. The Hall–Kier alpha value is -2.02. The fourth-order valence-electron chi connectivity index (χ4n) is 3.95. The van der Waals surface area contributed by atoms with Gasteiger partial charge >= 0.3 is 0 Å². The Bertz CT molecular complexity index is 675. The van der Waals surface area contributed by atoms with Crippen molar-refractivity contribution in [2.24, 2.45) is 0 Å². The standard InChI is InChI=1S/C20H27F2N3O2/c21-16-9-5-6-14(19(16)22)13-25-11-10-23-20(27)17(25)12-18(26)24-15-7-3-1-2-4-8-15/h5-6,9,15,17H,1-4,7-8,10-13H2,(H,23,27)(H,24,26)/t17-/m0/s1. The smallest absolute Gasteiger partial charge is 0.237 e. The van der Waals surface area contributed by atoms with Crippen molar-refractivity contribution in [1.82, 2.24) is 15.5 Å². The Morgan fingerprint density at radius 3 is 2.67 bits per heavy atom. The minimum absolute atomic E-state index is 0.0271. The van der Waals surface area contributed by atoms with Crippen molar-refractivity contribution in [1.29, 1.82) is 0 Å².